The van der Waals surface area contributed by atoms with Gasteiger partial charge in [-0.3, -0.25) is 14.9 Å². The zero-order valence-electron chi connectivity index (χ0n) is 8.83. The van der Waals surface area contributed by atoms with Crippen LogP contribution in [0.15, 0.2) is 35.8 Å². The summed E-state index contributed by atoms with van der Waals surface area (Å²) in [6.45, 7) is -0.0787. The minimum atomic E-state index is -0.500. The van der Waals surface area contributed by atoms with Gasteiger partial charge in [-0.2, -0.15) is 0 Å². The molecule has 6 nitrogen and oxygen atoms in total. The fourth-order valence-corrected chi connectivity index (χ4v) is 0.978. The maximum absolute atomic E-state index is 10.5. The number of aldehydes is 1. The zero-order chi connectivity index (χ0) is 12.4. The molecular formula is C10H13NO5. The number of nitro groups is 1. The summed E-state index contributed by atoms with van der Waals surface area (Å²) < 4.78 is 4.99. The molecule has 0 heterocycles. The Bertz CT molecular complexity index is 330. The molecule has 6 heteroatoms. The molecule has 0 aromatic heterocycles. The number of rotatable bonds is 4. The van der Waals surface area contributed by atoms with Gasteiger partial charge in [0.2, 0.25) is 0 Å². The van der Waals surface area contributed by atoms with Gasteiger partial charge in [0.05, 0.1) is 11.0 Å². The van der Waals surface area contributed by atoms with E-state index in [1.165, 1.54) is 12.2 Å². The summed E-state index contributed by atoms with van der Waals surface area (Å²) in [5.74, 6) is 0.425. The SMILES string of the molecule is CO.O=CCOC1=CC([N+](=O)[O-])=CC=CC1. The molecular weight excluding hydrogens is 214 g/mol. The first-order chi connectivity index (χ1) is 7.74. The first-order valence-corrected chi connectivity index (χ1v) is 4.47. The van der Waals surface area contributed by atoms with E-state index >= 15 is 0 Å². The Morgan fingerprint density at radius 2 is 2.31 bits per heavy atom. The van der Waals surface area contributed by atoms with Crippen molar-refractivity contribution in [2.24, 2.45) is 0 Å². The van der Waals surface area contributed by atoms with Crippen LogP contribution in [0.25, 0.3) is 0 Å². The minimum Gasteiger partial charge on any atom is -0.490 e. The first-order valence-electron chi connectivity index (χ1n) is 4.47. The number of nitrogens with zero attached hydrogens (tertiary/aromatic N) is 1. The Balaban J connectivity index is 0.00000106. The van der Waals surface area contributed by atoms with Crippen molar-refractivity contribution in [2.45, 2.75) is 6.42 Å². The van der Waals surface area contributed by atoms with Gasteiger partial charge < -0.3 is 9.84 Å². The van der Waals surface area contributed by atoms with Crippen molar-refractivity contribution in [3.05, 3.63) is 45.9 Å². The second kappa shape index (κ2) is 8.37. The molecule has 0 atom stereocenters. The predicted molar refractivity (Wildman–Crippen MR) is 57.1 cm³/mol. The van der Waals surface area contributed by atoms with Crippen LogP contribution in [0.4, 0.5) is 0 Å². The molecule has 0 bridgehead atoms. The van der Waals surface area contributed by atoms with Crippen LogP contribution in [-0.4, -0.2) is 30.0 Å². The smallest absolute Gasteiger partial charge is 0.272 e. The third-order valence-corrected chi connectivity index (χ3v) is 1.58. The lowest BCUT2D eigenvalue weighted by molar-refractivity contribution is -0.419. The van der Waals surface area contributed by atoms with Crippen LogP contribution >= 0.6 is 0 Å². The van der Waals surface area contributed by atoms with Gasteiger partial charge >= 0.3 is 0 Å². The summed E-state index contributed by atoms with van der Waals surface area (Å²) in [6.07, 6.45) is 7.09. The molecule has 16 heavy (non-hydrogen) atoms. The molecule has 0 radical (unpaired) electrons. The maximum atomic E-state index is 10.5. The molecule has 0 saturated heterocycles. The van der Waals surface area contributed by atoms with Gasteiger partial charge in [0, 0.05) is 19.6 Å². The normalized spacial score (nSPS) is 13.6. The quantitative estimate of drug-likeness (QED) is 0.436. The summed E-state index contributed by atoms with van der Waals surface area (Å²) >= 11 is 0. The predicted octanol–water partition coefficient (Wildman–Crippen LogP) is 0.815. The largest absolute Gasteiger partial charge is 0.490 e. The van der Waals surface area contributed by atoms with E-state index in [1.54, 1.807) is 12.2 Å². The highest BCUT2D eigenvalue weighted by Gasteiger charge is 2.10. The number of carbonyl (C=O) groups is 1. The monoisotopic (exact) mass is 227 g/mol. The average Bonchev–Trinajstić information content (AvgIpc) is 2.54. The molecule has 0 unspecified atom stereocenters. The van der Waals surface area contributed by atoms with Crippen LogP contribution in [0, 0.1) is 10.1 Å². The minimum absolute atomic E-state index is 0.0420. The molecule has 1 rings (SSSR count). The van der Waals surface area contributed by atoms with Crippen molar-refractivity contribution >= 4 is 6.29 Å². The van der Waals surface area contributed by atoms with E-state index in [-0.39, 0.29) is 12.3 Å². The number of allylic oxidation sites excluding steroid dienone is 4. The molecule has 0 aromatic rings. The Kier molecular flexibility index (Phi) is 7.35. The molecule has 1 aliphatic rings. The second-order valence-corrected chi connectivity index (χ2v) is 2.57. The van der Waals surface area contributed by atoms with Gasteiger partial charge in [0.1, 0.15) is 12.4 Å². The lowest BCUT2D eigenvalue weighted by Gasteiger charge is -2.02. The Hall–Kier alpha value is -1.95. The first kappa shape index (κ1) is 14.1. The highest BCUT2D eigenvalue weighted by molar-refractivity contribution is 5.50. The third-order valence-electron chi connectivity index (χ3n) is 1.58. The van der Waals surface area contributed by atoms with Gasteiger partial charge in [-0.05, 0) is 0 Å². The fourth-order valence-electron chi connectivity index (χ4n) is 0.978. The molecule has 88 valence electrons. The highest BCUT2D eigenvalue weighted by Crippen LogP contribution is 2.13. The van der Waals surface area contributed by atoms with E-state index in [0.29, 0.717) is 18.5 Å². The van der Waals surface area contributed by atoms with E-state index in [2.05, 4.69) is 0 Å². The standard InChI is InChI=1S/C9H9NO4.CH4O/c11-5-6-14-9-4-2-1-3-8(7-9)10(12)13;1-2/h1-3,5,7H,4,6H2;2H,1H3. The second-order valence-electron chi connectivity index (χ2n) is 2.57. The summed E-state index contributed by atoms with van der Waals surface area (Å²) in [6, 6.07) is 0. The number of hydrogen-bond donors (Lipinski definition) is 1. The van der Waals surface area contributed by atoms with Crippen LogP contribution in [0.5, 0.6) is 0 Å². The Morgan fingerprint density at radius 3 is 2.88 bits per heavy atom. The third kappa shape index (κ3) is 5.06. The molecule has 0 amide bonds. The number of ether oxygens (including phenoxy) is 1. The Morgan fingerprint density at radius 1 is 1.62 bits per heavy atom. The molecule has 0 fully saturated rings. The van der Waals surface area contributed by atoms with Crippen molar-refractivity contribution in [3.8, 4) is 0 Å². The molecule has 0 aliphatic heterocycles. The van der Waals surface area contributed by atoms with Crippen LogP contribution in [0.1, 0.15) is 6.42 Å². The van der Waals surface area contributed by atoms with Gasteiger partial charge in [-0.15, -0.1) is 0 Å². The van der Waals surface area contributed by atoms with Crippen LogP contribution in [-0.2, 0) is 9.53 Å². The van der Waals surface area contributed by atoms with Crippen LogP contribution in [0.3, 0.4) is 0 Å². The average molecular weight is 227 g/mol. The van der Waals surface area contributed by atoms with E-state index < -0.39 is 4.92 Å². The number of hydrogen-bond acceptors (Lipinski definition) is 5. The van der Waals surface area contributed by atoms with Crippen LogP contribution < -0.4 is 0 Å². The zero-order valence-corrected chi connectivity index (χ0v) is 8.83. The summed E-state index contributed by atoms with van der Waals surface area (Å²) in [5.41, 5.74) is -0.0420. The fraction of sp³-hybridized carbons (Fsp3) is 0.300. The van der Waals surface area contributed by atoms with Crippen LogP contribution in [0.2, 0.25) is 0 Å². The van der Waals surface area contributed by atoms with Gasteiger partial charge in [0.25, 0.3) is 5.70 Å². The van der Waals surface area contributed by atoms with Gasteiger partial charge in [-0.25, -0.2) is 0 Å². The van der Waals surface area contributed by atoms with Crippen molar-refractivity contribution in [1.82, 2.24) is 0 Å². The van der Waals surface area contributed by atoms with Crippen molar-refractivity contribution in [2.75, 3.05) is 13.7 Å². The van der Waals surface area contributed by atoms with Crippen molar-refractivity contribution in [3.63, 3.8) is 0 Å². The lowest BCUT2D eigenvalue weighted by Crippen LogP contribution is -1.99. The molecule has 0 saturated carbocycles. The number of aliphatic hydroxyl groups excluding tert-OH is 1. The summed E-state index contributed by atoms with van der Waals surface area (Å²) in [4.78, 5) is 20.0. The summed E-state index contributed by atoms with van der Waals surface area (Å²) in [7, 11) is 1.00. The Labute approximate surface area is 92.7 Å². The number of aliphatic hydroxyl groups is 1. The topological polar surface area (TPSA) is 89.7 Å². The van der Waals surface area contributed by atoms with E-state index in [9.17, 15) is 14.9 Å². The molecule has 0 aromatic carbocycles. The molecule has 0 spiro atoms. The van der Waals surface area contributed by atoms with E-state index in [0.717, 1.165) is 7.11 Å². The summed E-state index contributed by atoms with van der Waals surface area (Å²) in [5, 5.41) is 17.5. The van der Waals surface area contributed by atoms with E-state index in [4.69, 9.17) is 9.84 Å². The maximum Gasteiger partial charge on any atom is 0.272 e. The van der Waals surface area contributed by atoms with Crippen molar-refractivity contribution in [1.29, 1.82) is 0 Å². The van der Waals surface area contributed by atoms with Gasteiger partial charge in [0.15, 0.2) is 6.29 Å². The highest BCUT2D eigenvalue weighted by atomic mass is 16.6. The lowest BCUT2D eigenvalue weighted by atomic mass is 10.3. The van der Waals surface area contributed by atoms with Gasteiger partial charge in [-0.1, -0.05) is 12.2 Å². The van der Waals surface area contributed by atoms with Crippen molar-refractivity contribution < 1.29 is 19.6 Å². The van der Waals surface area contributed by atoms with E-state index in [1.807, 2.05) is 0 Å². The number of carbonyl (C=O) groups excluding carboxylic acids is 1. The molecule has 1 aliphatic carbocycles. The molecule has 1 N–H and O–H groups in total.